The SMILES string of the molecule is O=C1CC2C[C@@]3(OCC4=C3[C@@H]2[C@@H]2CCCC[C@H]2C4=O)C1C(=O)OCc1ccccc1. The van der Waals surface area contributed by atoms with Gasteiger partial charge in [0, 0.05) is 17.9 Å². The second-order valence-electron chi connectivity index (χ2n) is 9.68. The molecule has 1 spiro atoms. The first kappa shape index (κ1) is 18.5. The third kappa shape index (κ3) is 2.41. The summed E-state index contributed by atoms with van der Waals surface area (Å²) in [4.78, 5) is 39.6. The summed E-state index contributed by atoms with van der Waals surface area (Å²) in [5.41, 5.74) is 1.74. The topological polar surface area (TPSA) is 69.7 Å². The second kappa shape index (κ2) is 6.61. The van der Waals surface area contributed by atoms with Gasteiger partial charge in [0.05, 0.1) is 6.61 Å². The Balaban J connectivity index is 1.35. The highest BCUT2D eigenvalue weighted by Gasteiger charge is 2.69. The number of hydrogen-bond acceptors (Lipinski definition) is 5. The maximum Gasteiger partial charge on any atom is 0.320 e. The Labute approximate surface area is 175 Å². The zero-order valence-electron chi connectivity index (χ0n) is 17.0. The summed E-state index contributed by atoms with van der Waals surface area (Å²) < 4.78 is 11.9. The van der Waals surface area contributed by atoms with Crippen LogP contribution < -0.4 is 0 Å². The molecule has 3 saturated carbocycles. The molecule has 2 unspecified atom stereocenters. The highest BCUT2D eigenvalue weighted by Crippen LogP contribution is 2.65. The lowest BCUT2D eigenvalue weighted by Gasteiger charge is -2.41. The minimum absolute atomic E-state index is 0.0766. The van der Waals surface area contributed by atoms with Gasteiger partial charge in [-0.05, 0) is 48.2 Å². The van der Waals surface area contributed by atoms with Crippen LogP contribution in [0.3, 0.4) is 0 Å². The number of carbonyl (C=O) groups excluding carboxylic acids is 3. The Morgan fingerprint density at radius 3 is 2.77 bits per heavy atom. The number of esters is 1. The van der Waals surface area contributed by atoms with Gasteiger partial charge in [-0.1, -0.05) is 43.2 Å². The van der Waals surface area contributed by atoms with E-state index in [-0.39, 0.29) is 42.5 Å². The molecule has 0 radical (unpaired) electrons. The van der Waals surface area contributed by atoms with Gasteiger partial charge in [-0.25, -0.2) is 0 Å². The quantitative estimate of drug-likeness (QED) is 0.568. The number of carbonyl (C=O) groups is 3. The van der Waals surface area contributed by atoms with Crippen LogP contribution in [-0.2, 0) is 30.5 Å². The van der Waals surface area contributed by atoms with E-state index in [1.807, 2.05) is 30.3 Å². The monoisotopic (exact) mass is 406 g/mol. The fourth-order valence-electron chi connectivity index (χ4n) is 7.25. The third-order valence-corrected chi connectivity index (χ3v) is 8.29. The number of benzene rings is 1. The van der Waals surface area contributed by atoms with Crippen molar-refractivity contribution in [2.75, 3.05) is 6.61 Å². The first-order valence-corrected chi connectivity index (χ1v) is 11.2. The van der Waals surface area contributed by atoms with Crippen molar-refractivity contribution < 1.29 is 23.9 Å². The molecular weight excluding hydrogens is 380 g/mol. The standard InChI is InChI=1S/C25H26O5/c26-19-10-15-11-25(22(19)24(28)29-12-14-6-2-1-3-7-14)21-18(13-30-25)23(27)17-9-5-4-8-16(17)20(15)21/h1-3,6-7,15-17,20,22H,4-5,8-13H2/t15?,16-,17-,20+,22?,25+/m1/s1. The van der Waals surface area contributed by atoms with Gasteiger partial charge in [0.1, 0.15) is 18.1 Å². The molecule has 0 amide bonds. The van der Waals surface area contributed by atoms with Crippen molar-refractivity contribution in [2.24, 2.45) is 29.6 Å². The minimum atomic E-state index is -0.942. The van der Waals surface area contributed by atoms with Gasteiger partial charge >= 0.3 is 5.97 Å². The summed E-state index contributed by atoms with van der Waals surface area (Å²) in [5.74, 6) is -0.491. The van der Waals surface area contributed by atoms with Gasteiger partial charge in [-0.3, -0.25) is 14.4 Å². The van der Waals surface area contributed by atoms with Gasteiger partial charge in [0.25, 0.3) is 0 Å². The Morgan fingerprint density at radius 1 is 1.13 bits per heavy atom. The average molecular weight is 406 g/mol. The molecule has 3 fully saturated rings. The largest absolute Gasteiger partial charge is 0.460 e. The maximum absolute atomic E-state index is 13.3. The van der Waals surface area contributed by atoms with Crippen LogP contribution in [0.15, 0.2) is 41.5 Å². The molecule has 5 nitrogen and oxygen atoms in total. The molecule has 5 heteroatoms. The van der Waals surface area contributed by atoms with Gasteiger partial charge in [0.15, 0.2) is 11.6 Å². The van der Waals surface area contributed by atoms with Crippen LogP contribution in [-0.4, -0.2) is 29.7 Å². The highest BCUT2D eigenvalue weighted by atomic mass is 16.5. The van der Waals surface area contributed by atoms with Crippen molar-refractivity contribution in [1.82, 2.24) is 0 Å². The smallest absolute Gasteiger partial charge is 0.320 e. The van der Waals surface area contributed by atoms with E-state index < -0.39 is 17.5 Å². The molecule has 156 valence electrons. The number of hydrogen-bond donors (Lipinski definition) is 0. The van der Waals surface area contributed by atoms with Crippen molar-refractivity contribution in [3.63, 3.8) is 0 Å². The van der Waals surface area contributed by atoms with Crippen molar-refractivity contribution in [2.45, 2.75) is 50.7 Å². The molecule has 1 heterocycles. The fraction of sp³-hybridized carbons (Fsp3) is 0.560. The summed E-state index contributed by atoms with van der Waals surface area (Å²) in [5, 5.41) is 0. The normalized spacial score (nSPS) is 39.0. The third-order valence-electron chi connectivity index (χ3n) is 8.29. The van der Waals surface area contributed by atoms with E-state index in [0.29, 0.717) is 18.8 Å². The molecular formula is C25H26O5. The number of Topliss-reactive ketones (excluding diaryl/α,β-unsaturated/α-hetero) is 2. The Bertz CT molecular complexity index is 963. The molecule has 1 aromatic carbocycles. The predicted octanol–water partition coefficient (Wildman–Crippen LogP) is 3.41. The van der Waals surface area contributed by atoms with Gasteiger partial charge in [0.2, 0.25) is 0 Å². The number of rotatable bonds is 3. The zero-order chi connectivity index (χ0) is 20.5. The van der Waals surface area contributed by atoms with E-state index in [9.17, 15) is 14.4 Å². The summed E-state index contributed by atoms with van der Waals surface area (Å²) >= 11 is 0. The van der Waals surface area contributed by atoms with E-state index in [1.165, 1.54) is 0 Å². The van der Waals surface area contributed by atoms with Crippen LogP contribution in [0.5, 0.6) is 0 Å². The molecule has 6 rings (SSSR count). The number of ether oxygens (including phenoxy) is 2. The van der Waals surface area contributed by atoms with E-state index in [0.717, 1.165) is 42.4 Å². The molecule has 0 aromatic heterocycles. The Hall–Kier alpha value is -2.27. The van der Waals surface area contributed by atoms with Gasteiger partial charge in [-0.15, -0.1) is 0 Å². The van der Waals surface area contributed by atoms with Crippen LogP contribution in [0.4, 0.5) is 0 Å². The summed E-state index contributed by atoms with van der Waals surface area (Å²) in [6.07, 6.45) is 5.31. The average Bonchev–Trinajstić information content (AvgIpc) is 3.24. The molecule has 30 heavy (non-hydrogen) atoms. The summed E-state index contributed by atoms with van der Waals surface area (Å²) in [7, 11) is 0. The van der Waals surface area contributed by atoms with Crippen LogP contribution in [0.25, 0.3) is 0 Å². The van der Waals surface area contributed by atoms with Gasteiger partial charge in [-0.2, -0.15) is 0 Å². The molecule has 1 aromatic rings. The second-order valence-corrected chi connectivity index (χ2v) is 9.68. The Morgan fingerprint density at radius 2 is 1.93 bits per heavy atom. The van der Waals surface area contributed by atoms with Crippen LogP contribution in [0, 0.1) is 29.6 Å². The highest BCUT2D eigenvalue weighted by molar-refractivity contribution is 6.06. The number of fused-ring (bicyclic) bond motifs is 4. The van der Waals surface area contributed by atoms with Crippen LogP contribution >= 0.6 is 0 Å². The van der Waals surface area contributed by atoms with Crippen LogP contribution in [0.2, 0.25) is 0 Å². The molecule has 4 aliphatic carbocycles. The van der Waals surface area contributed by atoms with E-state index in [4.69, 9.17) is 9.47 Å². The van der Waals surface area contributed by atoms with Crippen molar-refractivity contribution in [1.29, 1.82) is 0 Å². The number of ketones is 2. The van der Waals surface area contributed by atoms with Crippen molar-refractivity contribution in [3.05, 3.63) is 47.0 Å². The molecule has 1 aliphatic heterocycles. The van der Waals surface area contributed by atoms with Gasteiger partial charge < -0.3 is 9.47 Å². The molecule has 0 N–H and O–H groups in total. The Kier molecular flexibility index (Phi) is 4.08. The lowest BCUT2D eigenvalue weighted by Crippen LogP contribution is -2.50. The minimum Gasteiger partial charge on any atom is -0.460 e. The van der Waals surface area contributed by atoms with Crippen molar-refractivity contribution >= 4 is 17.5 Å². The lowest BCUT2D eigenvalue weighted by molar-refractivity contribution is -0.167. The molecule has 6 atom stereocenters. The van der Waals surface area contributed by atoms with E-state index in [2.05, 4.69) is 0 Å². The first-order chi connectivity index (χ1) is 14.6. The molecule has 2 bridgehead atoms. The van der Waals surface area contributed by atoms with Crippen LogP contribution in [0.1, 0.15) is 44.1 Å². The zero-order valence-corrected chi connectivity index (χ0v) is 17.0. The summed E-state index contributed by atoms with van der Waals surface area (Å²) in [6.45, 7) is 0.387. The lowest BCUT2D eigenvalue weighted by atomic mass is 9.61. The van der Waals surface area contributed by atoms with Crippen molar-refractivity contribution in [3.8, 4) is 0 Å². The maximum atomic E-state index is 13.3. The van der Waals surface area contributed by atoms with E-state index in [1.54, 1.807) is 0 Å². The first-order valence-electron chi connectivity index (χ1n) is 11.2. The predicted molar refractivity (Wildman–Crippen MR) is 107 cm³/mol. The molecule has 5 aliphatic rings. The van der Waals surface area contributed by atoms with E-state index >= 15 is 0 Å². The summed E-state index contributed by atoms with van der Waals surface area (Å²) in [6, 6.07) is 9.49. The molecule has 0 saturated heterocycles. The fourth-order valence-corrected chi connectivity index (χ4v) is 7.25.